The number of amides is 1. The average molecular weight is 531 g/mol. The van der Waals surface area contributed by atoms with E-state index in [0.29, 0.717) is 48.1 Å². The minimum Gasteiger partial charge on any atom is -0.439 e. The fraction of sp³-hybridized carbons (Fsp3) is 0.321. The smallest absolute Gasteiger partial charge is 0.245 e. The van der Waals surface area contributed by atoms with Crippen LogP contribution in [-0.4, -0.2) is 55.4 Å². The summed E-state index contributed by atoms with van der Waals surface area (Å²) in [6.45, 7) is 9.78. The van der Waals surface area contributed by atoms with Crippen molar-refractivity contribution in [2.75, 3.05) is 30.3 Å². The van der Waals surface area contributed by atoms with Gasteiger partial charge in [-0.3, -0.25) is 4.79 Å². The van der Waals surface area contributed by atoms with Gasteiger partial charge in [-0.1, -0.05) is 20.4 Å². The first-order chi connectivity index (χ1) is 18.9. The molecule has 1 amide bonds. The van der Waals surface area contributed by atoms with E-state index in [0.717, 1.165) is 30.3 Å². The minimum absolute atomic E-state index is 0.0519. The van der Waals surface area contributed by atoms with E-state index in [9.17, 15) is 4.79 Å². The summed E-state index contributed by atoms with van der Waals surface area (Å²) in [7, 11) is 0. The highest BCUT2D eigenvalue weighted by Crippen LogP contribution is 2.37. The van der Waals surface area contributed by atoms with Gasteiger partial charge < -0.3 is 25.3 Å². The number of benzene rings is 1. The van der Waals surface area contributed by atoms with Gasteiger partial charge in [0.2, 0.25) is 17.7 Å². The Kier molecular flexibility index (Phi) is 7.67. The summed E-state index contributed by atoms with van der Waals surface area (Å²) in [6.07, 6.45) is 7.92. The van der Waals surface area contributed by atoms with Crippen LogP contribution in [0.4, 0.5) is 21.8 Å². The Bertz CT molecular complexity index is 1480. The van der Waals surface area contributed by atoms with Crippen LogP contribution in [0.5, 0.6) is 11.6 Å². The van der Waals surface area contributed by atoms with Crippen LogP contribution in [0.15, 0.2) is 55.6 Å². The molecule has 11 heteroatoms. The number of fused-ring (bicyclic) bond motifs is 1. The lowest BCUT2D eigenvalue weighted by Gasteiger charge is -2.31. The number of hydrogen-bond acceptors (Lipinski definition) is 8. The largest absolute Gasteiger partial charge is 0.439 e. The predicted molar refractivity (Wildman–Crippen MR) is 148 cm³/mol. The molecule has 202 valence electrons. The number of carbonyl (C=O) groups excluding carboxylic acids is 1. The molecule has 3 aromatic heterocycles. The number of nitrogens with zero attached hydrogens (tertiary/aromatic N) is 5. The maximum absolute atomic E-state index is 15.2. The van der Waals surface area contributed by atoms with Crippen molar-refractivity contribution < 1.29 is 13.9 Å². The first kappa shape index (κ1) is 26.1. The fourth-order valence-corrected chi connectivity index (χ4v) is 4.63. The number of ether oxygens (including phenoxy) is 1. The number of anilines is 3. The highest BCUT2D eigenvalue weighted by Gasteiger charge is 2.26. The molecule has 1 fully saturated rings. The van der Waals surface area contributed by atoms with Crippen molar-refractivity contribution in [3.05, 3.63) is 67.0 Å². The van der Waals surface area contributed by atoms with E-state index in [2.05, 4.69) is 56.0 Å². The predicted octanol–water partition coefficient (Wildman–Crippen LogP) is 5.38. The Morgan fingerprint density at radius 3 is 2.82 bits per heavy atom. The molecular formula is C28H31FN8O2. The van der Waals surface area contributed by atoms with Gasteiger partial charge in [-0.25, -0.2) is 19.3 Å². The third kappa shape index (κ3) is 5.97. The lowest BCUT2D eigenvalue weighted by molar-refractivity contribution is -0.127. The number of halogens is 1. The number of piperidine rings is 1. The van der Waals surface area contributed by atoms with E-state index >= 15 is 4.39 Å². The number of hydrogen-bond donors (Lipinski definition) is 3. The number of carbonyl (C=O) groups is 1. The molecule has 0 bridgehead atoms. The van der Waals surface area contributed by atoms with Crippen molar-refractivity contribution in [3.8, 4) is 11.6 Å². The zero-order valence-electron chi connectivity index (χ0n) is 21.9. The summed E-state index contributed by atoms with van der Waals surface area (Å²) in [5.74, 6) is 1.68. The second-order valence-corrected chi connectivity index (χ2v) is 9.86. The minimum atomic E-state index is -0.500. The van der Waals surface area contributed by atoms with Crippen LogP contribution in [0.1, 0.15) is 38.2 Å². The van der Waals surface area contributed by atoms with Crippen molar-refractivity contribution in [1.29, 1.82) is 0 Å². The van der Waals surface area contributed by atoms with Gasteiger partial charge in [0.15, 0.2) is 0 Å². The van der Waals surface area contributed by atoms with E-state index < -0.39 is 5.82 Å². The molecule has 0 aliphatic carbocycles. The van der Waals surface area contributed by atoms with Gasteiger partial charge in [0.1, 0.15) is 29.4 Å². The van der Waals surface area contributed by atoms with Gasteiger partial charge in [-0.2, -0.15) is 4.98 Å². The Morgan fingerprint density at radius 2 is 2.08 bits per heavy atom. The van der Waals surface area contributed by atoms with E-state index in [-0.39, 0.29) is 17.5 Å². The second-order valence-electron chi connectivity index (χ2n) is 9.86. The highest BCUT2D eigenvalue weighted by atomic mass is 19.1. The summed E-state index contributed by atoms with van der Waals surface area (Å²) in [4.78, 5) is 34.3. The summed E-state index contributed by atoms with van der Waals surface area (Å²) in [5.41, 5.74) is 1.96. The number of aromatic amines is 1. The second kappa shape index (κ2) is 11.5. The molecule has 1 aromatic carbocycles. The van der Waals surface area contributed by atoms with Gasteiger partial charge in [0, 0.05) is 44.2 Å². The lowest BCUT2D eigenvalue weighted by atomic mass is 9.89. The normalized spacial score (nSPS) is 14.0. The van der Waals surface area contributed by atoms with Gasteiger partial charge in [0.25, 0.3) is 0 Å². The molecule has 4 aromatic rings. The number of nitrogens with one attached hydrogen (secondary N) is 3. The number of rotatable bonds is 9. The molecule has 5 rings (SSSR count). The summed E-state index contributed by atoms with van der Waals surface area (Å²) >= 11 is 0. The molecule has 0 spiro atoms. The van der Waals surface area contributed by atoms with Crippen LogP contribution in [0, 0.1) is 11.7 Å². The topological polar surface area (TPSA) is 121 Å². The van der Waals surface area contributed by atoms with Crippen LogP contribution in [-0.2, 0) is 4.79 Å². The molecule has 39 heavy (non-hydrogen) atoms. The highest BCUT2D eigenvalue weighted by molar-refractivity contribution is 5.92. The standard InChI is InChI=1S/C28H31FN8O2/c1-4-24(38)37-11-8-18(9-12-37)20-15-31-26-25(20)27(34-16-33-26)35-22-6-5-19(13-21(22)29)39-23-7-10-30-28(36-23)32-14-17(2)3/h4-7,10,13,15-18H,1,8-9,11-12,14H2,2-3H3,(H,30,32,36)(H2,31,33,34,35). The van der Waals surface area contributed by atoms with E-state index in [1.54, 1.807) is 29.3 Å². The quantitative estimate of drug-likeness (QED) is 0.247. The maximum atomic E-state index is 15.2. The van der Waals surface area contributed by atoms with Crippen LogP contribution >= 0.6 is 0 Å². The molecule has 0 radical (unpaired) electrons. The van der Waals surface area contributed by atoms with Crippen molar-refractivity contribution in [1.82, 2.24) is 29.8 Å². The molecular weight excluding hydrogens is 499 g/mol. The number of aromatic nitrogens is 5. The Labute approximate surface area is 225 Å². The fourth-order valence-electron chi connectivity index (χ4n) is 4.63. The molecule has 0 unspecified atom stereocenters. The summed E-state index contributed by atoms with van der Waals surface area (Å²) in [5, 5.41) is 7.09. The van der Waals surface area contributed by atoms with Gasteiger partial charge in [-0.15, -0.1) is 0 Å². The Morgan fingerprint density at radius 1 is 1.26 bits per heavy atom. The third-order valence-corrected chi connectivity index (χ3v) is 6.64. The van der Waals surface area contributed by atoms with Crippen molar-refractivity contribution in [2.24, 2.45) is 5.92 Å². The molecule has 1 aliphatic heterocycles. The molecule has 4 heterocycles. The Balaban J connectivity index is 1.32. The van der Waals surface area contributed by atoms with Crippen LogP contribution in [0.2, 0.25) is 0 Å². The number of likely N-dealkylation sites (tertiary alicyclic amines) is 1. The summed E-state index contributed by atoms with van der Waals surface area (Å²) < 4.78 is 21.0. The zero-order valence-corrected chi connectivity index (χ0v) is 21.9. The molecule has 0 atom stereocenters. The van der Waals surface area contributed by atoms with Gasteiger partial charge in [0.05, 0.1) is 11.1 Å². The number of H-pyrrole nitrogens is 1. The molecule has 3 N–H and O–H groups in total. The van der Waals surface area contributed by atoms with Crippen molar-refractivity contribution in [3.63, 3.8) is 0 Å². The third-order valence-electron chi connectivity index (χ3n) is 6.64. The maximum Gasteiger partial charge on any atom is 0.245 e. The molecule has 10 nitrogen and oxygen atoms in total. The monoisotopic (exact) mass is 530 g/mol. The van der Waals surface area contributed by atoms with Gasteiger partial charge in [-0.05, 0) is 48.4 Å². The van der Waals surface area contributed by atoms with Crippen molar-refractivity contribution in [2.45, 2.75) is 32.6 Å². The first-order valence-electron chi connectivity index (χ1n) is 13.0. The van der Waals surface area contributed by atoms with E-state index in [1.807, 2.05) is 6.20 Å². The van der Waals surface area contributed by atoms with Gasteiger partial charge >= 0.3 is 0 Å². The average Bonchev–Trinajstić information content (AvgIpc) is 3.38. The van der Waals surface area contributed by atoms with Crippen LogP contribution in [0.3, 0.4) is 0 Å². The molecule has 1 aliphatic rings. The Hall–Kier alpha value is -4.54. The van der Waals surface area contributed by atoms with E-state index in [4.69, 9.17) is 4.74 Å². The van der Waals surface area contributed by atoms with Crippen molar-refractivity contribution >= 4 is 34.4 Å². The lowest BCUT2D eigenvalue weighted by Crippen LogP contribution is -2.36. The summed E-state index contributed by atoms with van der Waals surface area (Å²) in [6, 6.07) is 6.18. The molecule has 0 saturated carbocycles. The first-order valence-corrected chi connectivity index (χ1v) is 13.0. The SMILES string of the molecule is C=CC(=O)N1CCC(c2c[nH]c3ncnc(Nc4ccc(Oc5ccnc(NCC(C)C)n5)cc4F)c23)CC1. The zero-order chi connectivity index (χ0) is 27.4. The molecule has 1 saturated heterocycles. The van der Waals surface area contributed by atoms with E-state index in [1.165, 1.54) is 18.5 Å². The van der Waals surface area contributed by atoms with Crippen LogP contribution < -0.4 is 15.4 Å². The van der Waals surface area contributed by atoms with Crippen LogP contribution in [0.25, 0.3) is 11.0 Å².